The predicted octanol–water partition coefficient (Wildman–Crippen LogP) is 6.85. The van der Waals surface area contributed by atoms with Crippen molar-refractivity contribution in [2.45, 2.75) is 32.6 Å². The molecule has 0 bridgehead atoms. The molecule has 4 rings (SSSR count). The van der Waals surface area contributed by atoms with Crippen LogP contribution in [0, 0.1) is 16.4 Å². The second kappa shape index (κ2) is 8.88. The minimum absolute atomic E-state index is 0.0679. The molecule has 3 aromatic rings. The summed E-state index contributed by atoms with van der Waals surface area (Å²) in [6.45, 7) is 2.00. The highest BCUT2D eigenvalue weighted by molar-refractivity contribution is 14.1. The van der Waals surface area contributed by atoms with E-state index in [0.717, 1.165) is 45.5 Å². The summed E-state index contributed by atoms with van der Waals surface area (Å²) in [5.74, 6) is 0.548. The van der Waals surface area contributed by atoms with Gasteiger partial charge in [0.15, 0.2) is 0 Å². The lowest BCUT2D eigenvalue weighted by atomic mass is 9.81. The molecular formula is C25H23ClINO. The van der Waals surface area contributed by atoms with E-state index in [1.165, 1.54) is 16.7 Å². The van der Waals surface area contributed by atoms with Crippen molar-refractivity contribution in [3.05, 3.63) is 97.1 Å². The number of fused-ring (bicyclic) bond motifs is 1. The molecule has 1 N–H and O–H groups in total. The molecule has 0 fully saturated rings. The first-order valence-electron chi connectivity index (χ1n) is 9.93. The first kappa shape index (κ1) is 20.4. The maximum Gasteiger partial charge on any atom is 0.255 e. The van der Waals surface area contributed by atoms with Gasteiger partial charge in [0.2, 0.25) is 0 Å². The number of amides is 1. The van der Waals surface area contributed by atoms with E-state index in [-0.39, 0.29) is 5.91 Å². The molecule has 0 aromatic heterocycles. The fourth-order valence-electron chi connectivity index (χ4n) is 4.06. The van der Waals surface area contributed by atoms with Gasteiger partial charge in [-0.25, -0.2) is 0 Å². The van der Waals surface area contributed by atoms with Crippen LogP contribution in [0.4, 0.5) is 5.69 Å². The second-order valence-electron chi connectivity index (χ2n) is 7.78. The van der Waals surface area contributed by atoms with Crippen molar-refractivity contribution in [3.8, 4) is 0 Å². The number of hydrogen-bond donors (Lipinski definition) is 1. The van der Waals surface area contributed by atoms with E-state index in [0.29, 0.717) is 11.5 Å². The Morgan fingerprint density at radius 2 is 1.86 bits per heavy atom. The van der Waals surface area contributed by atoms with Gasteiger partial charge in [0.25, 0.3) is 5.91 Å². The van der Waals surface area contributed by atoms with Gasteiger partial charge >= 0.3 is 0 Å². The van der Waals surface area contributed by atoms with Gasteiger partial charge in [-0.05, 0) is 108 Å². The van der Waals surface area contributed by atoms with Crippen LogP contribution in [0.5, 0.6) is 0 Å². The minimum Gasteiger partial charge on any atom is -0.322 e. The molecule has 3 aromatic carbocycles. The summed E-state index contributed by atoms with van der Waals surface area (Å²) in [5.41, 5.74) is 6.61. The smallest absolute Gasteiger partial charge is 0.255 e. The highest BCUT2D eigenvalue weighted by Crippen LogP contribution is 2.34. The van der Waals surface area contributed by atoms with Crippen LogP contribution in [0.25, 0.3) is 0 Å². The molecule has 1 atom stereocenters. The summed E-state index contributed by atoms with van der Waals surface area (Å²) in [6.07, 6.45) is 4.30. The first-order valence-corrected chi connectivity index (χ1v) is 11.4. The van der Waals surface area contributed by atoms with E-state index in [1.54, 1.807) is 0 Å². The molecule has 1 amide bonds. The van der Waals surface area contributed by atoms with E-state index in [9.17, 15) is 4.79 Å². The highest BCUT2D eigenvalue weighted by atomic mass is 127. The molecule has 0 heterocycles. The Morgan fingerprint density at radius 1 is 1.10 bits per heavy atom. The van der Waals surface area contributed by atoms with Crippen LogP contribution in [-0.4, -0.2) is 5.91 Å². The van der Waals surface area contributed by atoms with E-state index < -0.39 is 0 Å². The molecule has 1 aliphatic carbocycles. The fraction of sp³-hybridized carbons (Fsp3) is 0.240. The van der Waals surface area contributed by atoms with Gasteiger partial charge in [0.05, 0.1) is 5.02 Å². The maximum absolute atomic E-state index is 12.5. The van der Waals surface area contributed by atoms with Gasteiger partial charge in [-0.15, -0.1) is 0 Å². The molecule has 1 aliphatic rings. The zero-order valence-electron chi connectivity index (χ0n) is 16.3. The quantitative estimate of drug-likeness (QED) is 0.378. The number of para-hydroxylation sites is 1. The lowest BCUT2D eigenvalue weighted by Gasteiger charge is -2.26. The number of aryl methyl sites for hydroxylation is 1. The SMILES string of the molecule is Cc1ccccc1NC(=O)c1ccc(CC2CCc3c(ccc(I)c3Cl)C2)cc1. The normalized spacial score (nSPS) is 15.6. The Bertz CT molecular complexity index is 1050. The molecule has 0 radical (unpaired) electrons. The fourth-order valence-corrected chi connectivity index (χ4v) is 4.85. The third-order valence-corrected chi connectivity index (χ3v) is 7.39. The minimum atomic E-state index is -0.0679. The van der Waals surface area contributed by atoms with Crippen LogP contribution in [0.3, 0.4) is 0 Å². The Labute approximate surface area is 190 Å². The number of carbonyl (C=O) groups excluding carboxylic acids is 1. The zero-order chi connectivity index (χ0) is 20.4. The number of anilines is 1. The summed E-state index contributed by atoms with van der Waals surface area (Å²) in [4.78, 5) is 12.5. The lowest BCUT2D eigenvalue weighted by Crippen LogP contribution is -2.17. The van der Waals surface area contributed by atoms with Crippen molar-refractivity contribution in [2.24, 2.45) is 5.92 Å². The van der Waals surface area contributed by atoms with E-state index in [2.05, 4.69) is 52.2 Å². The topological polar surface area (TPSA) is 29.1 Å². The van der Waals surface area contributed by atoms with Crippen molar-refractivity contribution >= 4 is 45.8 Å². The van der Waals surface area contributed by atoms with E-state index in [4.69, 9.17) is 11.6 Å². The third kappa shape index (κ3) is 4.67. The predicted molar refractivity (Wildman–Crippen MR) is 129 cm³/mol. The van der Waals surface area contributed by atoms with Gasteiger partial charge in [-0.1, -0.05) is 48.0 Å². The molecule has 4 heteroatoms. The van der Waals surface area contributed by atoms with Crippen LogP contribution in [0.1, 0.15) is 39.0 Å². The number of rotatable bonds is 4. The molecule has 2 nitrogen and oxygen atoms in total. The standard InChI is InChI=1S/C25H23ClINO/c1-16-4-2-3-5-23(16)28-25(29)19-9-6-17(7-10-19)14-18-8-12-21-20(15-18)11-13-22(27)24(21)26/h2-7,9-11,13,18H,8,12,14-15H2,1H3,(H,28,29). The summed E-state index contributed by atoms with van der Waals surface area (Å²) < 4.78 is 1.14. The van der Waals surface area contributed by atoms with Crippen molar-refractivity contribution in [3.63, 3.8) is 0 Å². The molecule has 0 spiro atoms. The van der Waals surface area contributed by atoms with Crippen molar-refractivity contribution < 1.29 is 4.79 Å². The number of benzene rings is 3. The van der Waals surface area contributed by atoms with Gasteiger partial charge in [0.1, 0.15) is 0 Å². The zero-order valence-corrected chi connectivity index (χ0v) is 19.3. The Balaban J connectivity index is 1.40. The number of carbonyl (C=O) groups is 1. The number of halogens is 2. The van der Waals surface area contributed by atoms with E-state index in [1.807, 2.05) is 43.3 Å². The Hall–Kier alpha value is -1.85. The largest absolute Gasteiger partial charge is 0.322 e. The molecule has 0 saturated heterocycles. The second-order valence-corrected chi connectivity index (χ2v) is 9.32. The first-order chi connectivity index (χ1) is 14.0. The third-order valence-electron chi connectivity index (χ3n) is 5.74. The van der Waals surface area contributed by atoms with Crippen molar-refractivity contribution in [1.29, 1.82) is 0 Å². The molecule has 29 heavy (non-hydrogen) atoms. The Morgan fingerprint density at radius 3 is 2.62 bits per heavy atom. The number of hydrogen-bond acceptors (Lipinski definition) is 1. The molecule has 0 aliphatic heterocycles. The molecular weight excluding hydrogens is 493 g/mol. The molecule has 0 saturated carbocycles. The number of nitrogens with one attached hydrogen (secondary N) is 1. The highest BCUT2D eigenvalue weighted by Gasteiger charge is 2.22. The Kier molecular flexibility index (Phi) is 6.26. The summed E-state index contributed by atoms with van der Waals surface area (Å²) in [6, 6.07) is 20.2. The van der Waals surface area contributed by atoms with Gasteiger partial charge < -0.3 is 5.32 Å². The van der Waals surface area contributed by atoms with Crippen LogP contribution in [0.15, 0.2) is 60.7 Å². The lowest BCUT2D eigenvalue weighted by molar-refractivity contribution is 0.102. The van der Waals surface area contributed by atoms with Gasteiger partial charge in [0, 0.05) is 14.8 Å². The van der Waals surface area contributed by atoms with Crippen molar-refractivity contribution in [1.82, 2.24) is 0 Å². The average molecular weight is 516 g/mol. The van der Waals surface area contributed by atoms with Crippen LogP contribution < -0.4 is 5.32 Å². The molecule has 148 valence electrons. The van der Waals surface area contributed by atoms with Gasteiger partial charge in [-0.2, -0.15) is 0 Å². The maximum atomic E-state index is 12.5. The van der Waals surface area contributed by atoms with E-state index >= 15 is 0 Å². The van der Waals surface area contributed by atoms with Crippen LogP contribution in [-0.2, 0) is 19.3 Å². The van der Waals surface area contributed by atoms with Crippen LogP contribution in [0.2, 0.25) is 5.02 Å². The summed E-state index contributed by atoms with van der Waals surface area (Å²) >= 11 is 8.79. The summed E-state index contributed by atoms with van der Waals surface area (Å²) in [5, 5.41) is 3.93. The van der Waals surface area contributed by atoms with Gasteiger partial charge in [-0.3, -0.25) is 4.79 Å². The average Bonchev–Trinajstić information content (AvgIpc) is 2.73. The monoisotopic (exact) mass is 515 g/mol. The van der Waals surface area contributed by atoms with Crippen molar-refractivity contribution in [2.75, 3.05) is 5.32 Å². The summed E-state index contributed by atoms with van der Waals surface area (Å²) in [7, 11) is 0. The molecule has 1 unspecified atom stereocenters. The van der Waals surface area contributed by atoms with Crippen LogP contribution >= 0.6 is 34.2 Å².